The van der Waals surface area contributed by atoms with Gasteiger partial charge in [0.15, 0.2) is 0 Å². The highest BCUT2D eigenvalue weighted by molar-refractivity contribution is 7.89. The van der Waals surface area contributed by atoms with Crippen LogP contribution in [-0.2, 0) is 30.2 Å². The van der Waals surface area contributed by atoms with Crippen molar-refractivity contribution in [3.8, 4) is 0 Å². The van der Waals surface area contributed by atoms with E-state index in [-0.39, 0.29) is 10.8 Å². The standard InChI is InChI=1S/C21H27N5O3S/c1-4-26(5-2)30(28,29)19-13-20(24(3)16-19)21(27)22-14-17-9-6-7-10-18(17)15-25-12-8-11-23-25/h6-13,16H,4-5,14-15H2,1-3H3,(H,22,27). The van der Waals surface area contributed by atoms with Gasteiger partial charge in [-0.3, -0.25) is 9.48 Å². The second-order valence-corrected chi connectivity index (χ2v) is 8.85. The summed E-state index contributed by atoms with van der Waals surface area (Å²) in [6.45, 7) is 5.27. The molecule has 160 valence electrons. The van der Waals surface area contributed by atoms with Crippen molar-refractivity contribution in [3.05, 3.63) is 71.8 Å². The largest absolute Gasteiger partial charge is 0.347 e. The zero-order valence-electron chi connectivity index (χ0n) is 17.4. The Morgan fingerprint density at radius 1 is 1.13 bits per heavy atom. The summed E-state index contributed by atoms with van der Waals surface area (Å²) in [6, 6.07) is 11.1. The first-order valence-electron chi connectivity index (χ1n) is 9.85. The van der Waals surface area contributed by atoms with Crippen LogP contribution in [0.25, 0.3) is 0 Å². The van der Waals surface area contributed by atoms with Crippen LogP contribution in [0.3, 0.4) is 0 Å². The molecule has 0 spiro atoms. The van der Waals surface area contributed by atoms with Crippen LogP contribution in [-0.4, -0.2) is 46.1 Å². The molecule has 0 aliphatic rings. The van der Waals surface area contributed by atoms with Crippen molar-refractivity contribution >= 4 is 15.9 Å². The van der Waals surface area contributed by atoms with Gasteiger partial charge >= 0.3 is 0 Å². The third-order valence-corrected chi connectivity index (χ3v) is 7.02. The monoisotopic (exact) mass is 429 g/mol. The lowest BCUT2D eigenvalue weighted by Gasteiger charge is -2.17. The number of benzene rings is 1. The number of rotatable bonds is 9. The number of nitrogens with one attached hydrogen (secondary N) is 1. The second-order valence-electron chi connectivity index (χ2n) is 6.92. The number of aryl methyl sites for hydroxylation is 1. The minimum absolute atomic E-state index is 0.123. The van der Waals surface area contributed by atoms with Gasteiger partial charge in [0.05, 0.1) is 6.54 Å². The van der Waals surface area contributed by atoms with Crippen LogP contribution in [0.4, 0.5) is 0 Å². The Bertz CT molecular complexity index is 1100. The molecule has 2 heterocycles. The maximum absolute atomic E-state index is 12.8. The summed E-state index contributed by atoms with van der Waals surface area (Å²) >= 11 is 0. The first kappa shape index (κ1) is 21.8. The summed E-state index contributed by atoms with van der Waals surface area (Å²) < 4.78 is 30.2. The third kappa shape index (κ3) is 4.63. The third-order valence-electron chi connectivity index (χ3n) is 5.01. The Morgan fingerprint density at radius 2 is 1.83 bits per heavy atom. The number of carbonyl (C=O) groups excluding carboxylic acids is 1. The Balaban J connectivity index is 1.74. The molecular weight excluding hydrogens is 402 g/mol. The van der Waals surface area contributed by atoms with Gasteiger partial charge in [0, 0.05) is 45.3 Å². The molecule has 0 bridgehead atoms. The van der Waals surface area contributed by atoms with Crippen LogP contribution in [0.5, 0.6) is 0 Å². The predicted molar refractivity (Wildman–Crippen MR) is 114 cm³/mol. The lowest BCUT2D eigenvalue weighted by Crippen LogP contribution is -2.30. The number of carbonyl (C=O) groups is 1. The minimum Gasteiger partial charge on any atom is -0.347 e. The van der Waals surface area contributed by atoms with Crippen LogP contribution < -0.4 is 5.32 Å². The highest BCUT2D eigenvalue weighted by Crippen LogP contribution is 2.19. The lowest BCUT2D eigenvalue weighted by molar-refractivity contribution is 0.0942. The molecule has 0 saturated heterocycles. The number of sulfonamides is 1. The molecule has 1 N–H and O–H groups in total. The molecule has 0 fully saturated rings. The Labute approximate surface area is 177 Å². The van der Waals surface area contributed by atoms with E-state index in [0.29, 0.717) is 31.9 Å². The molecule has 0 aliphatic carbocycles. The molecule has 0 unspecified atom stereocenters. The molecule has 0 saturated carbocycles. The Morgan fingerprint density at radius 3 is 2.47 bits per heavy atom. The summed E-state index contributed by atoms with van der Waals surface area (Å²) in [5, 5.41) is 7.13. The maximum atomic E-state index is 12.8. The summed E-state index contributed by atoms with van der Waals surface area (Å²) in [4.78, 5) is 12.9. The van der Waals surface area contributed by atoms with Crippen LogP contribution in [0.1, 0.15) is 35.5 Å². The summed E-state index contributed by atoms with van der Waals surface area (Å²) in [5.74, 6) is -0.326. The molecule has 1 aromatic carbocycles. The zero-order valence-corrected chi connectivity index (χ0v) is 18.3. The molecular formula is C21H27N5O3S. The first-order valence-corrected chi connectivity index (χ1v) is 11.3. The highest BCUT2D eigenvalue weighted by Gasteiger charge is 2.25. The molecule has 0 radical (unpaired) electrons. The summed E-state index contributed by atoms with van der Waals surface area (Å²) in [7, 11) is -1.95. The fraction of sp³-hybridized carbons (Fsp3) is 0.333. The van der Waals surface area contributed by atoms with Crippen LogP contribution in [0.2, 0.25) is 0 Å². The molecule has 0 atom stereocenters. The van der Waals surface area contributed by atoms with Crippen molar-refractivity contribution in [2.24, 2.45) is 7.05 Å². The summed E-state index contributed by atoms with van der Waals surface area (Å²) in [5.41, 5.74) is 2.33. The van der Waals surface area contributed by atoms with E-state index in [0.717, 1.165) is 11.1 Å². The van der Waals surface area contributed by atoms with Crippen molar-refractivity contribution < 1.29 is 13.2 Å². The van der Waals surface area contributed by atoms with Crippen LogP contribution in [0, 0.1) is 0 Å². The SMILES string of the molecule is CCN(CC)S(=O)(=O)c1cc(C(=O)NCc2ccccc2Cn2cccn2)n(C)c1. The molecule has 30 heavy (non-hydrogen) atoms. The van der Waals surface area contributed by atoms with Crippen molar-refractivity contribution in [1.82, 2.24) is 24.0 Å². The van der Waals surface area contributed by atoms with E-state index < -0.39 is 10.0 Å². The van der Waals surface area contributed by atoms with Gasteiger partial charge in [0.25, 0.3) is 5.91 Å². The molecule has 3 aromatic rings. The van der Waals surface area contributed by atoms with E-state index in [1.54, 1.807) is 31.7 Å². The number of nitrogens with zero attached hydrogens (tertiary/aromatic N) is 4. The van der Waals surface area contributed by atoms with E-state index in [9.17, 15) is 13.2 Å². The van der Waals surface area contributed by atoms with Gasteiger partial charge in [0.1, 0.15) is 10.6 Å². The normalized spacial score (nSPS) is 11.7. The lowest BCUT2D eigenvalue weighted by atomic mass is 10.1. The number of hydrogen-bond donors (Lipinski definition) is 1. The predicted octanol–water partition coefficient (Wildman–Crippen LogP) is 2.23. The quantitative estimate of drug-likeness (QED) is 0.565. The first-order chi connectivity index (χ1) is 14.4. The Hall–Kier alpha value is -2.91. The zero-order chi connectivity index (χ0) is 21.7. The van der Waals surface area contributed by atoms with E-state index in [4.69, 9.17) is 0 Å². The van der Waals surface area contributed by atoms with Gasteiger partial charge in [-0.2, -0.15) is 9.40 Å². The van der Waals surface area contributed by atoms with Crippen molar-refractivity contribution in [2.75, 3.05) is 13.1 Å². The highest BCUT2D eigenvalue weighted by atomic mass is 32.2. The van der Waals surface area contributed by atoms with Gasteiger partial charge in [-0.1, -0.05) is 38.1 Å². The van der Waals surface area contributed by atoms with E-state index in [1.807, 2.05) is 41.2 Å². The Kier molecular flexibility index (Phi) is 6.73. The van der Waals surface area contributed by atoms with E-state index in [2.05, 4.69) is 10.4 Å². The van der Waals surface area contributed by atoms with Gasteiger partial charge in [-0.25, -0.2) is 8.42 Å². The minimum atomic E-state index is -3.62. The molecule has 0 aliphatic heterocycles. The fourth-order valence-electron chi connectivity index (χ4n) is 3.33. The fourth-order valence-corrected chi connectivity index (χ4v) is 4.86. The number of amides is 1. The number of hydrogen-bond acceptors (Lipinski definition) is 4. The van der Waals surface area contributed by atoms with E-state index >= 15 is 0 Å². The maximum Gasteiger partial charge on any atom is 0.268 e. The van der Waals surface area contributed by atoms with Gasteiger partial charge < -0.3 is 9.88 Å². The van der Waals surface area contributed by atoms with Crippen LogP contribution in [0.15, 0.2) is 59.9 Å². The van der Waals surface area contributed by atoms with Gasteiger partial charge in [0.2, 0.25) is 10.0 Å². The molecule has 8 nitrogen and oxygen atoms in total. The van der Waals surface area contributed by atoms with Gasteiger partial charge in [-0.15, -0.1) is 0 Å². The van der Waals surface area contributed by atoms with Crippen molar-refractivity contribution in [2.45, 2.75) is 31.8 Å². The topological polar surface area (TPSA) is 89.2 Å². The molecule has 9 heteroatoms. The average molecular weight is 430 g/mol. The molecule has 1 amide bonds. The number of aromatic nitrogens is 3. The smallest absolute Gasteiger partial charge is 0.268 e. The van der Waals surface area contributed by atoms with E-state index in [1.165, 1.54) is 16.6 Å². The molecule has 2 aromatic heterocycles. The summed E-state index contributed by atoms with van der Waals surface area (Å²) in [6.07, 6.45) is 5.09. The second kappa shape index (κ2) is 9.27. The average Bonchev–Trinajstić information content (AvgIpc) is 3.37. The van der Waals surface area contributed by atoms with Crippen molar-refractivity contribution in [1.29, 1.82) is 0 Å². The van der Waals surface area contributed by atoms with Crippen LogP contribution >= 0.6 is 0 Å². The van der Waals surface area contributed by atoms with Gasteiger partial charge in [-0.05, 0) is 23.3 Å². The molecule has 3 rings (SSSR count). The van der Waals surface area contributed by atoms with Crippen molar-refractivity contribution in [3.63, 3.8) is 0 Å².